The molecule has 0 N–H and O–H groups in total. The lowest BCUT2D eigenvalue weighted by molar-refractivity contribution is 0.753. The normalized spacial score (nSPS) is 12.8. The zero-order valence-corrected chi connectivity index (χ0v) is 37.2. The van der Waals surface area contributed by atoms with Gasteiger partial charge in [0.15, 0.2) is 5.82 Å². The maximum absolute atomic E-state index is 5.45. The maximum atomic E-state index is 5.45. The highest BCUT2D eigenvalue weighted by Crippen LogP contribution is 2.65. The van der Waals surface area contributed by atoms with Crippen LogP contribution in [0.3, 0.4) is 0 Å². The molecule has 1 aliphatic carbocycles. The molecule has 10 aromatic carbocycles. The SMILES string of the molecule is c1ccc(-c2cc(-c3cccc4c3-c3cc(-c5ccc(-c6ccccc6-c6ccccc6)cc5)ccc3C43c4ccccc4N(c4ccccc4)c4ccccc43)nc(-c3ccccc3)n2)cc1. The molecule has 318 valence electrons. The largest absolute Gasteiger partial charge is 0.310 e. The minimum Gasteiger partial charge on any atom is -0.310 e. The number of fused-ring (bicyclic) bond motifs is 9. The van der Waals surface area contributed by atoms with Crippen LogP contribution in [-0.2, 0) is 5.41 Å². The Hall–Kier alpha value is -8.92. The predicted molar refractivity (Wildman–Crippen MR) is 280 cm³/mol. The van der Waals surface area contributed by atoms with E-state index in [1.165, 1.54) is 55.6 Å². The summed E-state index contributed by atoms with van der Waals surface area (Å²) in [5.41, 5.74) is 22.2. The van der Waals surface area contributed by atoms with Crippen molar-refractivity contribution in [1.82, 2.24) is 9.97 Å². The number of hydrogen-bond donors (Lipinski definition) is 0. The van der Waals surface area contributed by atoms with Gasteiger partial charge >= 0.3 is 0 Å². The minimum atomic E-state index is -0.639. The Morgan fingerprint density at radius 2 is 0.750 bits per heavy atom. The van der Waals surface area contributed by atoms with Crippen LogP contribution in [0, 0.1) is 0 Å². The zero-order chi connectivity index (χ0) is 45.0. The molecule has 3 nitrogen and oxygen atoms in total. The molecule has 1 aliphatic heterocycles. The lowest BCUT2D eigenvalue weighted by Gasteiger charge is -2.45. The lowest BCUT2D eigenvalue weighted by atomic mass is 9.64. The summed E-state index contributed by atoms with van der Waals surface area (Å²) >= 11 is 0. The fourth-order valence-corrected chi connectivity index (χ4v) is 11.0. The summed E-state index contributed by atoms with van der Waals surface area (Å²) in [5, 5.41) is 0. The third-order valence-electron chi connectivity index (χ3n) is 13.9. The highest BCUT2D eigenvalue weighted by Gasteiger charge is 2.52. The molecule has 0 atom stereocenters. The lowest BCUT2D eigenvalue weighted by Crippen LogP contribution is -2.36. The van der Waals surface area contributed by atoms with E-state index in [0.717, 1.165) is 56.3 Å². The van der Waals surface area contributed by atoms with E-state index in [1.807, 2.05) is 6.07 Å². The van der Waals surface area contributed by atoms with Crippen LogP contribution in [0.4, 0.5) is 17.1 Å². The number of rotatable bonds is 7. The molecule has 0 radical (unpaired) electrons. The molecule has 2 aliphatic rings. The van der Waals surface area contributed by atoms with E-state index in [2.05, 4.69) is 260 Å². The summed E-state index contributed by atoms with van der Waals surface area (Å²) < 4.78 is 0. The molecule has 0 bridgehead atoms. The fourth-order valence-electron chi connectivity index (χ4n) is 11.0. The molecule has 3 heteroatoms. The standard InChI is InChI=1S/C65H43N3/c1-5-20-45(21-6-1)51-28-13-14-29-52(51)46-38-36-44(37-39-46)49-40-41-55-54(42-49)63-53(60-43-59(47-22-7-2-8-23-47)66-64(67-60)48-24-9-3-10-25-48)30-19-33-58(63)65(55)56-31-15-17-34-61(56)68(50-26-11-4-12-27-50)62-35-18-16-32-57(62)65/h1-43H. The van der Waals surface area contributed by atoms with Gasteiger partial charge in [0, 0.05) is 22.4 Å². The van der Waals surface area contributed by atoms with Gasteiger partial charge in [-0.05, 0) is 103 Å². The first-order valence-corrected chi connectivity index (χ1v) is 23.3. The topological polar surface area (TPSA) is 29.0 Å². The van der Waals surface area contributed by atoms with Crippen molar-refractivity contribution in [1.29, 1.82) is 0 Å². The molecule has 11 aromatic rings. The van der Waals surface area contributed by atoms with Gasteiger partial charge in [0.05, 0.1) is 28.2 Å². The van der Waals surface area contributed by atoms with Crippen molar-refractivity contribution >= 4 is 17.1 Å². The second-order valence-corrected chi connectivity index (χ2v) is 17.6. The number of hydrogen-bond acceptors (Lipinski definition) is 3. The van der Waals surface area contributed by atoms with E-state index in [9.17, 15) is 0 Å². The quantitative estimate of drug-likeness (QED) is 0.160. The van der Waals surface area contributed by atoms with Crippen molar-refractivity contribution in [2.45, 2.75) is 5.41 Å². The van der Waals surface area contributed by atoms with Gasteiger partial charge in [0.25, 0.3) is 0 Å². The van der Waals surface area contributed by atoms with Gasteiger partial charge in [-0.1, -0.05) is 224 Å². The van der Waals surface area contributed by atoms with Crippen LogP contribution in [0.2, 0.25) is 0 Å². The minimum absolute atomic E-state index is 0.639. The number of anilines is 3. The molecule has 0 fully saturated rings. The number of nitrogens with zero attached hydrogens (tertiary/aromatic N) is 3. The zero-order valence-electron chi connectivity index (χ0n) is 37.2. The van der Waals surface area contributed by atoms with Crippen LogP contribution >= 0.6 is 0 Å². The molecule has 1 spiro atoms. The van der Waals surface area contributed by atoms with Crippen LogP contribution in [0.1, 0.15) is 22.3 Å². The average molecular weight is 866 g/mol. The fraction of sp³-hybridized carbons (Fsp3) is 0.0154. The molecule has 0 amide bonds. The van der Waals surface area contributed by atoms with Crippen molar-refractivity contribution in [3.63, 3.8) is 0 Å². The molecule has 13 rings (SSSR count). The Labute approximate surface area is 397 Å². The van der Waals surface area contributed by atoms with Gasteiger partial charge in [-0.3, -0.25) is 0 Å². The van der Waals surface area contributed by atoms with Crippen LogP contribution < -0.4 is 4.90 Å². The third kappa shape index (κ3) is 6.28. The van der Waals surface area contributed by atoms with Crippen LogP contribution in [0.15, 0.2) is 261 Å². The summed E-state index contributed by atoms with van der Waals surface area (Å²) in [4.78, 5) is 13.1. The van der Waals surface area contributed by atoms with E-state index in [1.54, 1.807) is 0 Å². The Morgan fingerprint density at radius 1 is 0.279 bits per heavy atom. The molecule has 2 heterocycles. The van der Waals surface area contributed by atoms with Crippen LogP contribution in [-0.4, -0.2) is 9.97 Å². The van der Waals surface area contributed by atoms with Crippen LogP contribution in [0.25, 0.3) is 78.4 Å². The third-order valence-corrected chi connectivity index (χ3v) is 13.9. The number of para-hydroxylation sites is 3. The highest BCUT2D eigenvalue weighted by atomic mass is 15.2. The van der Waals surface area contributed by atoms with Gasteiger partial charge < -0.3 is 4.90 Å². The Kier molecular flexibility index (Phi) is 9.40. The van der Waals surface area contributed by atoms with Gasteiger partial charge in [-0.15, -0.1) is 0 Å². The average Bonchev–Trinajstić information content (AvgIpc) is 3.72. The predicted octanol–water partition coefficient (Wildman–Crippen LogP) is 16.6. The molecule has 0 saturated heterocycles. The van der Waals surface area contributed by atoms with Crippen molar-refractivity contribution in [3.8, 4) is 78.4 Å². The molecular weight excluding hydrogens is 823 g/mol. The van der Waals surface area contributed by atoms with Crippen molar-refractivity contribution in [2.75, 3.05) is 4.90 Å². The Morgan fingerprint density at radius 3 is 1.40 bits per heavy atom. The van der Waals surface area contributed by atoms with E-state index in [0.29, 0.717) is 5.82 Å². The molecule has 0 unspecified atom stereocenters. The second-order valence-electron chi connectivity index (χ2n) is 17.6. The van der Waals surface area contributed by atoms with Crippen molar-refractivity contribution in [3.05, 3.63) is 283 Å². The second kappa shape index (κ2) is 16.2. The van der Waals surface area contributed by atoms with Crippen molar-refractivity contribution in [2.24, 2.45) is 0 Å². The number of benzene rings is 10. The van der Waals surface area contributed by atoms with Gasteiger partial charge in [-0.25, -0.2) is 9.97 Å². The van der Waals surface area contributed by atoms with E-state index < -0.39 is 5.41 Å². The first-order chi connectivity index (χ1) is 33.7. The van der Waals surface area contributed by atoms with E-state index in [-0.39, 0.29) is 0 Å². The first kappa shape index (κ1) is 39.4. The van der Waals surface area contributed by atoms with Crippen molar-refractivity contribution < 1.29 is 0 Å². The number of aromatic nitrogens is 2. The Bertz CT molecular complexity index is 3550. The van der Waals surface area contributed by atoms with Gasteiger partial charge in [-0.2, -0.15) is 0 Å². The Balaban J connectivity index is 1.06. The smallest absolute Gasteiger partial charge is 0.160 e. The summed E-state index contributed by atoms with van der Waals surface area (Å²) in [6.07, 6.45) is 0. The molecular formula is C65H43N3. The summed E-state index contributed by atoms with van der Waals surface area (Å²) in [5.74, 6) is 0.696. The first-order valence-electron chi connectivity index (χ1n) is 23.3. The summed E-state index contributed by atoms with van der Waals surface area (Å²) in [6.45, 7) is 0. The van der Waals surface area contributed by atoms with Gasteiger partial charge in [0.2, 0.25) is 0 Å². The summed E-state index contributed by atoms with van der Waals surface area (Å²) in [6, 6.07) is 94.3. The van der Waals surface area contributed by atoms with E-state index in [4.69, 9.17) is 9.97 Å². The molecule has 0 saturated carbocycles. The molecule has 1 aromatic heterocycles. The highest BCUT2D eigenvalue weighted by molar-refractivity contribution is 6.01. The summed E-state index contributed by atoms with van der Waals surface area (Å²) in [7, 11) is 0. The maximum Gasteiger partial charge on any atom is 0.160 e. The van der Waals surface area contributed by atoms with E-state index >= 15 is 0 Å². The van der Waals surface area contributed by atoms with Gasteiger partial charge in [0.1, 0.15) is 0 Å². The monoisotopic (exact) mass is 865 g/mol. The molecule has 68 heavy (non-hydrogen) atoms. The van der Waals surface area contributed by atoms with Crippen LogP contribution in [0.5, 0.6) is 0 Å².